The van der Waals surface area contributed by atoms with Gasteiger partial charge in [0.15, 0.2) is 0 Å². The molecule has 0 spiro atoms. The van der Waals surface area contributed by atoms with E-state index in [1.54, 1.807) is 6.92 Å². The maximum Gasteiger partial charge on any atom is 0.416 e. The molecule has 0 aromatic heterocycles. The first-order chi connectivity index (χ1) is 10.3. The number of rotatable bonds is 3. The van der Waals surface area contributed by atoms with Crippen LogP contribution in [0.3, 0.4) is 0 Å². The molecule has 1 amide bonds. The number of alkyl halides is 3. The first-order valence-electron chi connectivity index (χ1n) is 6.70. The lowest BCUT2D eigenvalue weighted by Gasteiger charge is -2.20. The van der Waals surface area contributed by atoms with Gasteiger partial charge < -0.3 is 10.1 Å². The van der Waals surface area contributed by atoms with Crippen molar-refractivity contribution >= 4 is 17.6 Å². The third-order valence-electron chi connectivity index (χ3n) is 3.19. The standard InChI is InChI=1S/C15H14F3NO3/c1-2-22-14(21)11-7-8-12(20)19-13(11)9-3-5-10(6-4-9)15(16,17)18/h3-6H,2,7-8H2,1H3,(H,19,20). The normalized spacial score (nSPS) is 15.5. The van der Waals surface area contributed by atoms with E-state index in [2.05, 4.69) is 5.32 Å². The molecular weight excluding hydrogens is 299 g/mol. The fraction of sp³-hybridized carbons (Fsp3) is 0.333. The largest absolute Gasteiger partial charge is 0.463 e. The maximum absolute atomic E-state index is 12.6. The molecule has 7 heteroatoms. The van der Waals surface area contributed by atoms with Gasteiger partial charge in [0, 0.05) is 6.42 Å². The van der Waals surface area contributed by atoms with Crippen molar-refractivity contribution in [2.45, 2.75) is 25.9 Å². The van der Waals surface area contributed by atoms with E-state index in [0.717, 1.165) is 12.1 Å². The van der Waals surface area contributed by atoms with Crippen molar-refractivity contribution in [2.24, 2.45) is 0 Å². The van der Waals surface area contributed by atoms with Crippen molar-refractivity contribution in [3.05, 3.63) is 41.0 Å². The highest BCUT2D eigenvalue weighted by atomic mass is 19.4. The van der Waals surface area contributed by atoms with Gasteiger partial charge in [0.2, 0.25) is 5.91 Å². The Labute approximate surface area is 125 Å². The number of carbonyl (C=O) groups is 2. The summed E-state index contributed by atoms with van der Waals surface area (Å²) in [5, 5.41) is 2.54. The third-order valence-corrected chi connectivity index (χ3v) is 3.19. The second-order valence-electron chi connectivity index (χ2n) is 4.70. The minimum Gasteiger partial charge on any atom is -0.463 e. The molecule has 1 aromatic rings. The van der Waals surface area contributed by atoms with Crippen LogP contribution in [0.1, 0.15) is 30.9 Å². The highest BCUT2D eigenvalue weighted by molar-refractivity contribution is 6.03. The van der Waals surface area contributed by atoms with E-state index in [1.807, 2.05) is 0 Å². The molecule has 118 valence electrons. The zero-order valence-corrected chi connectivity index (χ0v) is 11.8. The molecule has 0 bridgehead atoms. The van der Waals surface area contributed by atoms with Crippen molar-refractivity contribution < 1.29 is 27.5 Å². The Morgan fingerprint density at radius 3 is 2.41 bits per heavy atom. The molecule has 1 aliphatic heterocycles. The van der Waals surface area contributed by atoms with Crippen LogP contribution in [0.25, 0.3) is 5.70 Å². The van der Waals surface area contributed by atoms with Crippen LogP contribution >= 0.6 is 0 Å². The summed E-state index contributed by atoms with van der Waals surface area (Å²) < 4.78 is 42.6. The number of carbonyl (C=O) groups excluding carboxylic acids is 2. The van der Waals surface area contributed by atoms with Crippen LogP contribution in [0.2, 0.25) is 0 Å². The Balaban J connectivity index is 2.40. The van der Waals surface area contributed by atoms with Crippen molar-refractivity contribution in [1.29, 1.82) is 0 Å². The van der Waals surface area contributed by atoms with Crippen LogP contribution < -0.4 is 5.32 Å². The fourth-order valence-electron chi connectivity index (χ4n) is 2.14. The lowest BCUT2D eigenvalue weighted by molar-refractivity contribution is -0.139. The minimum absolute atomic E-state index is 0.137. The Bertz CT molecular complexity index is 618. The molecule has 1 aliphatic rings. The molecule has 1 aromatic carbocycles. The van der Waals surface area contributed by atoms with Gasteiger partial charge in [0.05, 0.1) is 23.4 Å². The van der Waals surface area contributed by atoms with E-state index < -0.39 is 17.7 Å². The average Bonchev–Trinajstić information content (AvgIpc) is 2.46. The summed E-state index contributed by atoms with van der Waals surface area (Å²) >= 11 is 0. The molecule has 0 radical (unpaired) electrons. The summed E-state index contributed by atoms with van der Waals surface area (Å²) in [6, 6.07) is 4.27. The molecule has 0 atom stereocenters. The van der Waals surface area contributed by atoms with Gasteiger partial charge in [-0.15, -0.1) is 0 Å². The van der Waals surface area contributed by atoms with Gasteiger partial charge in [-0.2, -0.15) is 13.2 Å². The van der Waals surface area contributed by atoms with Crippen LogP contribution in [-0.4, -0.2) is 18.5 Å². The van der Waals surface area contributed by atoms with Crippen molar-refractivity contribution in [2.75, 3.05) is 6.61 Å². The fourth-order valence-corrected chi connectivity index (χ4v) is 2.14. The highest BCUT2D eigenvalue weighted by Gasteiger charge is 2.31. The Morgan fingerprint density at radius 2 is 1.86 bits per heavy atom. The third kappa shape index (κ3) is 3.47. The summed E-state index contributed by atoms with van der Waals surface area (Å²) in [7, 11) is 0. The lowest BCUT2D eigenvalue weighted by atomic mass is 9.97. The Hall–Kier alpha value is -2.31. The van der Waals surface area contributed by atoms with Gasteiger partial charge >= 0.3 is 12.1 Å². The molecule has 1 heterocycles. The molecule has 0 unspecified atom stereocenters. The molecular formula is C15H14F3NO3. The van der Waals surface area contributed by atoms with Crippen molar-refractivity contribution in [1.82, 2.24) is 5.32 Å². The SMILES string of the molecule is CCOC(=O)C1=C(c2ccc(C(F)(F)F)cc2)NC(=O)CC1. The predicted molar refractivity (Wildman–Crippen MR) is 72.4 cm³/mol. The summed E-state index contributed by atoms with van der Waals surface area (Å²) in [6.45, 7) is 1.83. The van der Waals surface area contributed by atoms with E-state index in [1.165, 1.54) is 12.1 Å². The van der Waals surface area contributed by atoms with Gasteiger partial charge in [-0.05, 0) is 31.0 Å². The summed E-state index contributed by atoms with van der Waals surface area (Å²) in [5.41, 5.74) is 0.0189. The summed E-state index contributed by atoms with van der Waals surface area (Å²) in [6.07, 6.45) is -4.11. The zero-order valence-electron chi connectivity index (χ0n) is 11.8. The molecule has 0 saturated carbocycles. The zero-order chi connectivity index (χ0) is 16.3. The maximum atomic E-state index is 12.6. The van der Waals surface area contributed by atoms with E-state index >= 15 is 0 Å². The first-order valence-corrected chi connectivity index (χ1v) is 6.70. The predicted octanol–water partition coefficient (Wildman–Crippen LogP) is 2.89. The van der Waals surface area contributed by atoms with E-state index in [0.29, 0.717) is 5.56 Å². The van der Waals surface area contributed by atoms with Crippen LogP contribution in [0.4, 0.5) is 13.2 Å². The number of hydrogen-bond donors (Lipinski definition) is 1. The molecule has 0 saturated heterocycles. The number of benzene rings is 1. The van der Waals surface area contributed by atoms with Crippen molar-refractivity contribution in [3.63, 3.8) is 0 Å². The second-order valence-corrected chi connectivity index (χ2v) is 4.70. The smallest absolute Gasteiger partial charge is 0.416 e. The van der Waals surface area contributed by atoms with Gasteiger partial charge in [-0.3, -0.25) is 4.79 Å². The van der Waals surface area contributed by atoms with E-state index in [9.17, 15) is 22.8 Å². The molecule has 0 fully saturated rings. The number of ether oxygens (including phenoxy) is 1. The topological polar surface area (TPSA) is 55.4 Å². The number of hydrogen-bond acceptors (Lipinski definition) is 3. The van der Waals surface area contributed by atoms with Crippen LogP contribution in [0.15, 0.2) is 29.8 Å². The Morgan fingerprint density at radius 1 is 1.23 bits per heavy atom. The minimum atomic E-state index is -4.44. The molecule has 4 nitrogen and oxygen atoms in total. The van der Waals surface area contributed by atoms with Gasteiger partial charge in [0.25, 0.3) is 0 Å². The van der Waals surface area contributed by atoms with E-state index in [-0.39, 0.29) is 36.6 Å². The molecule has 0 aliphatic carbocycles. The van der Waals surface area contributed by atoms with Crippen LogP contribution in [-0.2, 0) is 20.5 Å². The van der Waals surface area contributed by atoms with Crippen molar-refractivity contribution in [3.8, 4) is 0 Å². The average molecular weight is 313 g/mol. The summed E-state index contributed by atoms with van der Waals surface area (Å²) in [4.78, 5) is 23.4. The quantitative estimate of drug-likeness (QED) is 0.873. The number of halogens is 3. The van der Waals surface area contributed by atoms with Crippen LogP contribution in [0, 0.1) is 0 Å². The highest BCUT2D eigenvalue weighted by Crippen LogP contribution is 2.31. The van der Waals surface area contributed by atoms with Gasteiger partial charge in [0.1, 0.15) is 0 Å². The lowest BCUT2D eigenvalue weighted by Crippen LogP contribution is -2.30. The monoisotopic (exact) mass is 313 g/mol. The second kappa shape index (κ2) is 6.21. The van der Waals surface area contributed by atoms with E-state index in [4.69, 9.17) is 4.74 Å². The van der Waals surface area contributed by atoms with Gasteiger partial charge in [-0.1, -0.05) is 12.1 Å². The first kappa shape index (κ1) is 16.1. The number of nitrogens with one attached hydrogen (secondary N) is 1. The molecule has 1 N–H and O–H groups in total. The number of amides is 1. The Kier molecular flexibility index (Phi) is 4.54. The van der Waals surface area contributed by atoms with Gasteiger partial charge in [-0.25, -0.2) is 4.79 Å². The molecule has 2 rings (SSSR count). The van der Waals surface area contributed by atoms with Crippen LogP contribution in [0.5, 0.6) is 0 Å². The molecule has 22 heavy (non-hydrogen) atoms. The number of esters is 1. The summed E-state index contributed by atoms with van der Waals surface area (Å²) in [5.74, 6) is -0.861.